The summed E-state index contributed by atoms with van der Waals surface area (Å²) in [4.78, 5) is 11.6. The van der Waals surface area contributed by atoms with Crippen LogP contribution in [-0.2, 0) is 4.79 Å². The summed E-state index contributed by atoms with van der Waals surface area (Å²) in [7, 11) is 0. The zero-order chi connectivity index (χ0) is 11.4. The fourth-order valence-corrected chi connectivity index (χ4v) is 1.39. The van der Waals surface area contributed by atoms with Crippen LogP contribution in [0.1, 0.15) is 13.8 Å². The second-order valence-corrected chi connectivity index (χ2v) is 4.89. The smallest absolute Gasteiger partial charge is 0.228 e. The first kappa shape index (κ1) is 12.4. The van der Waals surface area contributed by atoms with Crippen LogP contribution in [0.25, 0.3) is 0 Å². The fraction of sp³-hybridized carbons (Fsp3) is 0.364. The summed E-state index contributed by atoms with van der Waals surface area (Å²) < 4.78 is 1.14. The van der Waals surface area contributed by atoms with Crippen molar-refractivity contribution in [1.29, 1.82) is 0 Å². The van der Waals surface area contributed by atoms with Gasteiger partial charge in [-0.25, -0.2) is 0 Å². The van der Waals surface area contributed by atoms with Crippen molar-refractivity contribution in [3.63, 3.8) is 0 Å². The van der Waals surface area contributed by atoms with Crippen LogP contribution in [-0.4, -0.2) is 11.9 Å². The van der Waals surface area contributed by atoms with Gasteiger partial charge in [-0.3, -0.25) is 4.79 Å². The Hall–Kier alpha value is -0.620. The second kappa shape index (κ2) is 5.46. The third-order valence-corrected chi connectivity index (χ3v) is 3.03. The number of rotatable bonds is 3. The van der Waals surface area contributed by atoms with Crippen LogP contribution in [0.3, 0.4) is 0 Å². The summed E-state index contributed by atoms with van der Waals surface area (Å²) in [6.45, 7) is 3.66. The molecule has 1 rings (SSSR count). The van der Waals surface area contributed by atoms with E-state index in [2.05, 4.69) is 27.9 Å². The lowest BCUT2D eigenvalue weighted by Crippen LogP contribution is -2.34. The Labute approximate surface area is 104 Å². The lowest BCUT2D eigenvalue weighted by atomic mass is 10.0. The minimum absolute atomic E-state index is 0.0359. The van der Waals surface area contributed by atoms with E-state index in [1.807, 2.05) is 38.1 Å². The first-order valence-corrected chi connectivity index (χ1v) is 5.90. The van der Waals surface area contributed by atoms with E-state index in [4.69, 9.17) is 5.73 Å². The molecule has 2 atom stereocenters. The van der Waals surface area contributed by atoms with Crippen molar-refractivity contribution in [3.05, 3.63) is 27.8 Å². The van der Waals surface area contributed by atoms with Crippen LogP contribution >= 0.6 is 22.6 Å². The van der Waals surface area contributed by atoms with Gasteiger partial charge in [-0.05, 0) is 53.8 Å². The van der Waals surface area contributed by atoms with Crippen LogP contribution < -0.4 is 11.1 Å². The van der Waals surface area contributed by atoms with Gasteiger partial charge in [-0.2, -0.15) is 0 Å². The minimum atomic E-state index is -0.177. The standard InChI is InChI=1S/C11H15IN2O/c1-7(8(2)13)11(15)14-10-5-3-9(12)4-6-10/h3-8H,13H2,1-2H3,(H,14,15). The molecule has 0 aromatic heterocycles. The van der Waals surface area contributed by atoms with Crippen molar-refractivity contribution in [2.24, 2.45) is 11.7 Å². The Kier molecular flexibility index (Phi) is 4.53. The number of benzene rings is 1. The van der Waals surface area contributed by atoms with Gasteiger partial charge < -0.3 is 11.1 Å². The van der Waals surface area contributed by atoms with Crippen LogP contribution in [0.15, 0.2) is 24.3 Å². The first-order valence-electron chi connectivity index (χ1n) is 4.82. The molecule has 0 saturated heterocycles. The average molecular weight is 318 g/mol. The van der Waals surface area contributed by atoms with Crippen LogP contribution in [0.2, 0.25) is 0 Å². The Morgan fingerprint density at radius 3 is 2.33 bits per heavy atom. The van der Waals surface area contributed by atoms with E-state index in [1.165, 1.54) is 0 Å². The van der Waals surface area contributed by atoms with Gasteiger partial charge in [0.15, 0.2) is 0 Å². The molecule has 4 heteroatoms. The summed E-state index contributed by atoms with van der Waals surface area (Å²) in [5.41, 5.74) is 6.47. The highest BCUT2D eigenvalue weighted by Gasteiger charge is 2.16. The van der Waals surface area contributed by atoms with Crippen molar-refractivity contribution in [3.8, 4) is 0 Å². The Bertz CT molecular complexity index is 335. The van der Waals surface area contributed by atoms with Gasteiger partial charge in [0, 0.05) is 15.3 Å². The summed E-state index contributed by atoms with van der Waals surface area (Å²) >= 11 is 2.22. The Balaban J connectivity index is 2.62. The zero-order valence-corrected chi connectivity index (χ0v) is 11.0. The molecule has 0 spiro atoms. The maximum absolute atomic E-state index is 11.6. The number of halogens is 1. The van der Waals surface area contributed by atoms with Gasteiger partial charge in [0.25, 0.3) is 0 Å². The van der Waals surface area contributed by atoms with E-state index in [-0.39, 0.29) is 17.9 Å². The Morgan fingerprint density at radius 2 is 1.87 bits per heavy atom. The number of carbonyl (C=O) groups is 1. The minimum Gasteiger partial charge on any atom is -0.327 e. The van der Waals surface area contributed by atoms with Gasteiger partial charge in [-0.15, -0.1) is 0 Å². The molecule has 0 aliphatic rings. The molecular formula is C11H15IN2O. The molecule has 0 saturated carbocycles. The van der Waals surface area contributed by atoms with Gasteiger partial charge in [-0.1, -0.05) is 6.92 Å². The highest BCUT2D eigenvalue weighted by Crippen LogP contribution is 2.12. The third-order valence-electron chi connectivity index (χ3n) is 2.31. The van der Waals surface area contributed by atoms with Crippen LogP contribution in [0, 0.1) is 9.49 Å². The first-order chi connectivity index (χ1) is 7.00. The quantitative estimate of drug-likeness (QED) is 0.840. The number of hydrogen-bond acceptors (Lipinski definition) is 2. The zero-order valence-electron chi connectivity index (χ0n) is 8.83. The normalized spacial score (nSPS) is 14.4. The summed E-state index contributed by atoms with van der Waals surface area (Å²) in [5, 5.41) is 2.83. The molecular weight excluding hydrogens is 303 g/mol. The van der Waals surface area contributed by atoms with Gasteiger partial charge >= 0.3 is 0 Å². The number of nitrogens with two attached hydrogens (primary N) is 1. The number of nitrogens with one attached hydrogen (secondary N) is 1. The molecule has 82 valence electrons. The molecule has 1 amide bonds. The predicted octanol–water partition coefficient (Wildman–Crippen LogP) is 2.21. The Morgan fingerprint density at radius 1 is 1.33 bits per heavy atom. The van der Waals surface area contributed by atoms with Crippen molar-refractivity contribution in [2.75, 3.05) is 5.32 Å². The second-order valence-electron chi connectivity index (χ2n) is 3.64. The summed E-state index contributed by atoms with van der Waals surface area (Å²) in [5.74, 6) is -0.213. The lowest BCUT2D eigenvalue weighted by molar-refractivity contribution is -0.119. The SMILES string of the molecule is CC(N)C(C)C(=O)Nc1ccc(I)cc1. The monoisotopic (exact) mass is 318 g/mol. The van der Waals surface area contributed by atoms with E-state index >= 15 is 0 Å². The van der Waals surface area contributed by atoms with Crippen LogP contribution in [0.5, 0.6) is 0 Å². The van der Waals surface area contributed by atoms with Gasteiger partial charge in [0.05, 0.1) is 5.92 Å². The molecule has 15 heavy (non-hydrogen) atoms. The number of hydrogen-bond donors (Lipinski definition) is 2. The predicted molar refractivity (Wildman–Crippen MR) is 70.6 cm³/mol. The third kappa shape index (κ3) is 3.79. The topological polar surface area (TPSA) is 55.1 Å². The molecule has 1 aromatic rings. The lowest BCUT2D eigenvalue weighted by Gasteiger charge is -2.15. The highest BCUT2D eigenvalue weighted by atomic mass is 127. The van der Waals surface area contributed by atoms with Crippen molar-refractivity contribution in [1.82, 2.24) is 0 Å². The molecule has 0 bridgehead atoms. The van der Waals surface area contributed by atoms with Crippen molar-refractivity contribution in [2.45, 2.75) is 19.9 Å². The van der Waals surface area contributed by atoms with Gasteiger partial charge in [0.1, 0.15) is 0 Å². The fourth-order valence-electron chi connectivity index (χ4n) is 1.03. The number of carbonyl (C=O) groups excluding carboxylic acids is 1. The number of amides is 1. The highest BCUT2D eigenvalue weighted by molar-refractivity contribution is 14.1. The average Bonchev–Trinajstić information content (AvgIpc) is 2.20. The molecule has 2 unspecified atom stereocenters. The van der Waals surface area contributed by atoms with Crippen LogP contribution in [0.4, 0.5) is 5.69 Å². The maximum atomic E-state index is 11.6. The number of anilines is 1. The summed E-state index contributed by atoms with van der Waals surface area (Å²) in [6, 6.07) is 7.54. The molecule has 0 fully saturated rings. The van der Waals surface area contributed by atoms with E-state index in [9.17, 15) is 4.79 Å². The maximum Gasteiger partial charge on any atom is 0.228 e. The largest absolute Gasteiger partial charge is 0.327 e. The molecule has 1 aromatic carbocycles. The van der Waals surface area contributed by atoms with E-state index in [0.29, 0.717) is 0 Å². The molecule has 0 heterocycles. The molecule has 0 aliphatic carbocycles. The van der Waals surface area contributed by atoms with Crippen molar-refractivity contribution >= 4 is 34.2 Å². The van der Waals surface area contributed by atoms with E-state index < -0.39 is 0 Å². The molecule has 3 N–H and O–H groups in total. The van der Waals surface area contributed by atoms with Gasteiger partial charge in [0.2, 0.25) is 5.91 Å². The molecule has 3 nitrogen and oxygen atoms in total. The van der Waals surface area contributed by atoms with E-state index in [0.717, 1.165) is 9.26 Å². The molecule has 0 radical (unpaired) electrons. The summed E-state index contributed by atoms with van der Waals surface area (Å²) in [6.07, 6.45) is 0. The van der Waals surface area contributed by atoms with Crippen molar-refractivity contribution < 1.29 is 4.79 Å². The van der Waals surface area contributed by atoms with E-state index in [1.54, 1.807) is 0 Å². The molecule has 0 aliphatic heterocycles.